The fraction of sp³-hybridized carbons (Fsp3) is 0.333. The molecule has 0 amide bonds. The zero-order chi connectivity index (χ0) is 14.0. The summed E-state index contributed by atoms with van der Waals surface area (Å²) in [5, 5.41) is 1.81. The number of benzene rings is 1. The van der Waals surface area contributed by atoms with E-state index in [9.17, 15) is 8.42 Å². The highest BCUT2D eigenvalue weighted by atomic mass is 32.2. The van der Waals surface area contributed by atoms with Crippen molar-refractivity contribution in [3.05, 3.63) is 53.4 Å². The summed E-state index contributed by atoms with van der Waals surface area (Å²) in [5.74, 6) is 0.423. The molecule has 0 spiro atoms. The van der Waals surface area contributed by atoms with Crippen molar-refractivity contribution in [1.82, 2.24) is 4.31 Å². The summed E-state index contributed by atoms with van der Waals surface area (Å²) in [5.41, 5.74) is 1.29. The summed E-state index contributed by atoms with van der Waals surface area (Å²) in [6, 6.07) is 13.8. The van der Waals surface area contributed by atoms with Crippen LogP contribution >= 0.6 is 11.3 Å². The maximum absolute atomic E-state index is 12.4. The zero-order valence-electron chi connectivity index (χ0n) is 11.1. The normalized spacial score (nSPS) is 20.3. The van der Waals surface area contributed by atoms with E-state index in [0.717, 1.165) is 12.8 Å². The van der Waals surface area contributed by atoms with Gasteiger partial charge in [-0.3, -0.25) is 0 Å². The molecule has 1 saturated heterocycles. The van der Waals surface area contributed by atoms with Crippen LogP contribution in [-0.2, 0) is 16.4 Å². The maximum atomic E-state index is 12.4. The third-order valence-corrected chi connectivity index (χ3v) is 6.94. The molecule has 1 atom stereocenters. The van der Waals surface area contributed by atoms with Crippen LogP contribution in [0, 0.1) is 5.92 Å². The summed E-state index contributed by atoms with van der Waals surface area (Å²) < 4.78 is 26.9. The first-order valence-corrected chi connectivity index (χ1v) is 9.06. The molecule has 0 bridgehead atoms. The van der Waals surface area contributed by atoms with Crippen LogP contribution in [-0.4, -0.2) is 25.8 Å². The van der Waals surface area contributed by atoms with Gasteiger partial charge in [0.05, 0.1) is 0 Å². The highest BCUT2D eigenvalue weighted by Crippen LogP contribution is 2.28. The maximum Gasteiger partial charge on any atom is 0.252 e. The predicted octanol–water partition coefficient (Wildman–Crippen LogP) is 3.00. The predicted molar refractivity (Wildman–Crippen MR) is 81.3 cm³/mol. The Balaban J connectivity index is 1.68. The van der Waals surface area contributed by atoms with Crippen LogP contribution in [0.4, 0.5) is 0 Å². The molecule has 3 rings (SSSR count). The van der Waals surface area contributed by atoms with Crippen molar-refractivity contribution in [2.45, 2.75) is 17.1 Å². The first-order chi connectivity index (χ1) is 9.66. The minimum Gasteiger partial charge on any atom is -0.206 e. The standard InChI is InChI=1S/C15H17NO2S2/c17-20(18,15-7-4-10-19-15)16-9-8-14(12-16)11-13-5-2-1-3-6-13/h1-7,10,14H,8-9,11-12H2. The van der Waals surface area contributed by atoms with Gasteiger partial charge in [-0.2, -0.15) is 4.31 Å². The van der Waals surface area contributed by atoms with E-state index < -0.39 is 10.0 Å². The summed E-state index contributed by atoms with van der Waals surface area (Å²) in [6.07, 6.45) is 1.90. The molecule has 0 aliphatic carbocycles. The summed E-state index contributed by atoms with van der Waals surface area (Å²) in [4.78, 5) is 0. The lowest BCUT2D eigenvalue weighted by Crippen LogP contribution is -2.28. The number of hydrogen-bond acceptors (Lipinski definition) is 3. The van der Waals surface area contributed by atoms with Crippen LogP contribution in [0.1, 0.15) is 12.0 Å². The molecule has 0 saturated carbocycles. The van der Waals surface area contributed by atoms with E-state index in [-0.39, 0.29) is 0 Å². The second-order valence-corrected chi connectivity index (χ2v) is 8.25. The number of hydrogen-bond donors (Lipinski definition) is 0. The molecule has 1 fully saturated rings. The van der Waals surface area contributed by atoms with Crippen molar-refractivity contribution in [2.75, 3.05) is 13.1 Å². The SMILES string of the molecule is O=S(=O)(c1cccs1)N1CCC(Cc2ccccc2)C1. The Morgan fingerprint density at radius 1 is 1.15 bits per heavy atom. The molecule has 0 N–H and O–H groups in total. The Labute approximate surface area is 123 Å². The van der Waals surface area contributed by atoms with Crippen molar-refractivity contribution < 1.29 is 8.42 Å². The van der Waals surface area contributed by atoms with Gasteiger partial charge in [0.1, 0.15) is 4.21 Å². The molecule has 1 aromatic carbocycles. The molecule has 20 heavy (non-hydrogen) atoms. The van der Waals surface area contributed by atoms with Gasteiger partial charge in [-0.25, -0.2) is 8.42 Å². The summed E-state index contributed by atoms with van der Waals surface area (Å²) in [6.45, 7) is 1.27. The molecule has 0 radical (unpaired) electrons. The molecule has 5 heteroatoms. The molecule has 106 valence electrons. The third-order valence-electron chi connectivity index (χ3n) is 3.71. The van der Waals surface area contributed by atoms with Crippen molar-refractivity contribution in [2.24, 2.45) is 5.92 Å². The van der Waals surface area contributed by atoms with E-state index in [2.05, 4.69) is 12.1 Å². The first-order valence-electron chi connectivity index (χ1n) is 6.74. The van der Waals surface area contributed by atoms with Crippen molar-refractivity contribution in [1.29, 1.82) is 0 Å². The summed E-state index contributed by atoms with van der Waals surface area (Å²) in [7, 11) is -3.27. The van der Waals surface area contributed by atoms with Gasteiger partial charge in [-0.05, 0) is 35.8 Å². The van der Waals surface area contributed by atoms with Crippen LogP contribution in [0.3, 0.4) is 0 Å². The minimum absolute atomic E-state index is 0.423. The highest BCUT2D eigenvalue weighted by Gasteiger charge is 2.32. The summed E-state index contributed by atoms with van der Waals surface area (Å²) >= 11 is 1.29. The fourth-order valence-electron chi connectivity index (χ4n) is 2.67. The largest absolute Gasteiger partial charge is 0.252 e. The van der Waals surface area contributed by atoms with Crippen LogP contribution in [0.15, 0.2) is 52.1 Å². The van der Waals surface area contributed by atoms with Crippen molar-refractivity contribution in [3.63, 3.8) is 0 Å². The number of sulfonamides is 1. The smallest absolute Gasteiger partial charge is 0.206 e. The molecule has 2 heterocycles. The van der Waals surface area contributed by atoms with E-state index >= 15 is 0 Å². The Hall–Kier alpha value is -1.17. The van der Waals surface area contributed by atoms with Gasteiger partial charge in [0, 0.05) is 13.1 Å². The molecule has 2 aromatic rings. The van der Waals surface area contributed by atoms with Gasteiger partial charge < -0.3 is 0 Å². The quantitative estimate of drug-likeness (QED) is 0.871. The molecule has 1 aliphatic rings. The van der Waals surface area contributed by atoms with Crippen LogP contribution in [0.25, 0.3) is 0 Å². The average Bonchev–Trinajstić information content (AvgIpc) is 3.11. The molecule has 1 aliphatic heterocycles. The number of thiophene rings is 1. The lowest BCUT2D eigenvalue weighted by Gasteiger charge is -2.15. The van der Waals surface area contributed by atoms with Crippen molar-refractivity contribution in [3.8, 4) is 0 Å². The van der Waals surface area contributed by atoms with Crippen LogP contribution in [0.2, 0.25) is 0 Å². The second-order valence-electron chi connectivity index (χ2n) is 5.14. The van der Waals surface area contributed by atoms with E-state index in [0.29, 0.717) is 23.2 Å². The Bertz CT molecular complexity index is 650. The average molecular weight is 307 g/mol. The van der Waals surface area contributed by atoms with Gasteiger partial charge in [-0.15, -0.1) is 11.3 Å². The second kappa shape index (κ2) is 5.68. The van der Waals surface area contributed by atoms with Gasteiger partial charge in [0.2, 0.25) is 0 Å². The molecule has 3 nitrogen and oxygen atoms in total. The van der Waals surface area contributed by atoms with E-state index in [4.69, 9.17) is 0 Å². The van der Waals surface area contributed by atoms with E-state index in [1.807, 2.05) is 23.6 Å². The first kappa shape index (κ1) is 13.8. The van der Waals surface area contributed by atoms with Crippen molar-refractivity contribution >= 4 is 21.4 Å². The topological polar surface area (TPSA) is 37.4 Å². The van der Waals surface area contributed by atoms with E-state index in [1.54, 1.807) is 16.4 Å². The molecular formula is C15H17NO2S2. The fourth-order valence-corrected chi connectivity index (χ4v) is 5.34. The molecule has 1 aromatic heterocycles. The number of rotatable bonds is 4. The van der Waals surface area contributed by atoms with E-state index in [1.165, 1.54) is 16.9 Å². The Kier molecular flexibility index (Phi) is 3.92. The lowest BCUT2D eigenvalue weighted by molar-refractivity contribution is 0.457. The lowest BCUT2D eigenvalue weighted by atomic mass is 9.99. The Morgan fingerprint density at radius 2 is 1.95 bits per heavy atom. The third kappa shape index (κ3) is 2.80. The van der Waals surface area contributed by atoms with Gasteiger partial charge in [0.25, 0.3) is 10.0 Å². The van der Waals surface area contributed by atoms with Gasteiger partial charge in [-0.1, -0.05) is 36.4 Å². The minimum atomic E-state index is -3.27. The number of nitrogens with zero attached hydrogens (tertiary/aromatic N) is 1. The van der Waals surface area contributed by atoms with Gasteiger partial charge >= 0.3 is 0 Å². The van der Waals surface area contributed by atoms with Crippen LogP contribution < -0.4 is 0 Å². The molecular weight excluding hydrogens is 290 g/mol. The van der Waals surface area contributed by atoms with Crippen LogP contribution in [0.5, 0.6) is 0 Å². The van der Waals surface area contributed by atoms with Gasteiger partial charge in [0.15, 0.2) is 0 Å². The highest BCUT2D eigenvalue weighted by molar-refractivity contribution is 7.91. The Morgan fingerprint density at radius 3 is 2.65 bits per heavy atom. The monoisotopic (exact) mass is 307 g/mol. The zero-order valence-corrected chi connectivity index (χ0v) is 12.7. The molecule has 1 unspecified atom stereocenters.